The first-order valence-corrected chi connectivity index (χ1v) is 10.2. The fraction of sp³-hybridized carbons (Fsp3) is 0.435. The van der Waals surface area contributed by atoms with Gasteiger partial charge in [0.25, 0.3) is 5.91 Å². The molecule has 1 aliphatic heterocycles. The minimum absolute atomic E-state index is 0.0717. The van der Waals surface area contributed by atoms with E-state index in [1.807, 2.05) is 70.2 Å². The van der Waals surface area contributed by atoms with Gasteiger partial charge < -0.3 is 19.4 Å². The lowest BCUT2D eigenvalue weighted by Gasteiger charge is -2.32. The van der Waals surface area contributed by atoms with E-state index in [1.165, 1.54) is 0 Å². The van der Waals surface area contributed by atoms with Crippen molar-refractivity contribution in [2.24, 2.45) is 0 Å². The molecule has 2 fully saturated rings. The van der Waals surface area contributed by atoms with Crippen molar-refractivity contribution in [2.45, 2.75) is 64.4 Å². The van der Waals surface area contributed by atoms with Crippen molar-refractivity contribution in [3.05, 3.63) is 59.7 Å². The summed E-state index contributed by atoms with van der Waals surface area (Å²) in [5.41, 5.74) is 1.54. The van der Waals surface area contributed by atoms with Crippen molar-refractivity contribution in [3.63, 3.8) is 0 Å². The van der Waals surface area contributed by atoms with Crippen molar-refractivity contribution in [3.8, 4) is 5.75 Å². The van der Waals surface area contributed by atoms with Gasteiger partial charge in [-0.05, 0) is 58.2 Å². The van der Waals surface area contributed by atoms with Crippen molar-refractivity contribution in [1.29, 1.82) is 0 Å². The Morgan fingerprint density at radius 3 is 2.34 bits per heavy atom. The summed E-state index contributed by atoms with van der Waals surface area (Å²) in [4.78, 5) is 12.5. The van der Waals surface area contributed by atoms with Crippen molar-refractivity contribution in [2.75, 3.05) is 0 Å². The van der Waals surface area contributed by atoms with E-state index in [0.29, 0.717) is 24.0 Å². The molecule has 1 N–H and O–H groups in total. The topological polar surface area (TPSA) is 56.8 Å². The maximum absolute atomic E-state index is 12.5. The number of carbonyl (C=O) groups excluding carboxylic acids is 1. The Morgan fingerprint density at radius 2 is 1.72 bits per heavy atom. The number of rotatable bonds is 6. The number of carbonyl (C=O) groups is 1. The molecule has 1 saturated heterocycles. The summed E-state index contributed by atoms with van der Waals surface area (Å²) in [5, 5.41) is 3.03. The molecule has 0 spiro atoms. The molecule has 0 bridgehead atoms. The molecule has 1 saturated carbocycles. The van der Waals surface area contributed by atoms with Crippen LogP contribution in [-0.2, 0) is 15.9 Å². The van der Waals surface area contributed by atoms with Crippen LogP contribution in [0.3, 0.4) is 0 Å². The molecule has 4 rings (SSSR count). The van der Waals surface area contributed by atoms with Gasteiger partial charge in [0, 0.05) is 17.1 Å². The van der Waals surface area contributed by atoms with Crippen LogP contribution in [-0.4, -0.2) is 30.3 Å². The molecule has 5 nitrogen and oxygen atoms in total. The first kappa shape index (κ1) is 20.0. The lowest BCUT2D eigenvalue weighted by Crippen LogP contribution is -2.41. The van der Waals surface area contributed by atoms with Crippen LogP contribution < -0.4 is 15.5 Å². The highest BCUT2D eigenvalue weighted by Gasteiger charge is 2.52. The molecule has 0 atom stereocenters. The zero-order valence-electron chi connectivity index (χ0n) is 17.5. The second-order valence-corrected chi connectivity index (χ2v) is 8.86. The normalized spacial score (nSPS) is 19.8. The Hall–Kier alpha value is -2.31. The van der Waals surface area contributed by atoms with Crippen molar-refractivity contribution < 1.29 is 18.8 Å². The van der Waals surface area contributed by atoms with Gasteiger partial charge in [-0.2, -0.15) is 0 Å². The summed E-state index contributed by atoms with van der Waals surface area (Å²) in [6, 6.07) is 15.7. The molecule has 152 valence electrons. The Labute approximate surface area is 172 Å². The largest absolute Gasteiger partial charge is 0.498 e. The van der Waals surface area contributed by atoms with Crippen LogP contribution in [0.1, 0.15) is 56.5 Å². The van der Waals surface area contributed by atoms with Crippen LogP contribution in [0.2, 0.25) is 0 Å². The van der Waals surface area contributed by atoms with E-state index >= 15 is 0 Å². The molecular weight excluding hydrogens is 365 g/mol. The van der Waals surface area contributed by atoms with Gasteiger partial charge in [-0.25, -0.2) is 0 Å². The minimum atomic E-state index is -0.550. The molecule has 1 heterocycles. The summed E-state index contributed by atoms with van der Waals surface area (Å²) >= 11 is 0. The van der Waals surface area contributed by atoms with E-state index in [4.69, 9.17) is 14.0 Å². The Morgan fingerprint density at radius 1 is 1.07 bits per heavy atom. The Kier molecular flexibility index (Phi) is 5.17. The summed E-state index contributed by atoms with van der Waals surface area (Å²) in [5.74, 6) is 0.535. The van der Waals surface area contributed by atoms with Gasteiger partial charge in [-0.1, -0.05) is 36.4 Å². The molecule has 0 aromatic heterocycles. The van der Waals surface area contributed by atoms with Crippen molar-refractivity contribution >= 4 is 18.5 Å². The molecule has 1 amide bonds. The molecule has 6 heteroatoms. The lowest BCUT2D eigenvalue weighted by atomic mass is 9.78. The third-order valence-corrected chi connectivity index (χ3v) is 5.93. The molecule has 2 aromatic rings. The summed E-state index contributed by atoms with van der Waals surface area (Å²) in [7, 11) is -0.550. The molecule has 2 aliphatic rings. The Bertz CT molecular complexity index is 877. The smallest absolute Gasteiger partial charge is 0.489 e. The molecule has 1 aliphatic carbocycles. The second-order valence-electron chi connectivity index (χ2n) is 8.86. The highest BCUT2D eigenvalue weighted by molar-refractivity contribution is 6.63. The van der Waals surface area contributed by atoms with E-state index in [2.05, 4.69) is 5.32 Å². The molecule has 2 aromatic carbocycles. The standard InChI is InChI=1S/C23H28BNO4/c1-22(2)23(3,4)29-24(28-22)19-13-10-17(21(26)25-18-11-12-18)14-20(19)27-15-16-8-6-5-7-9-16/h5-10,13-14,18H,11-12,15H2,1-4H3,(H,25,26). The maximum atomic E-state index is 12.5. The van der Waals surface area contributed by atoms with Crippen molar-refractivity contribution in [1.82, 2.24) is 5.32 Å². The molecule has 29 heavy (non-hydrogen) atoms. The maximum Gasteiger partial charge on any atom is 0.498 e. The van der Waals surface area contributed by atoms with Crippen LogP contribution in [0.5, 0.6) is 5.75 Å². The third-order valence-electron chi connectivity index (χ3n) is 5.93. The number of benzene rings is 2. The second kappa shape index (κ2) is 7.50. The van der Waals surface area contributed by atoms with E-state index in [0.717, 1.165) is 23.9 Å². The van der Waals surface area contributed by atoms with Gasteiger partial charge in [0.05, 0.1) is 11.2 Å². The van der Waals surface area contributed by atoms with Gasteiger partial charge in [-0.15, -0.1) is 0 Å². The third kappa shape index (κ3) is 4.33. The van der Waals surface area contributed by atoms with Gasteiger partial charge in [0.1, 0.15) is 12.4 Å². The first-order valence-electron chi connectivity index (χ1n) is 10.2. The highest BCUT2D eigenvalue weighted by Crippen LogP contribution is 2.37. The van der Waals surface area contributed by atoms with E-state index in [1.54, 1.807) is 6.07 Å². The van der Waals surface area contributed by atoms with Crippen LogP contribution >= 0.6 is 0 Å². The van der Waals surface area contributed by atoms with E-state index in [-0.39, 0.29) is 5.91 Å². The quantitative estimate of drug-likeness (QED) is 0.764. The van der Waals surface area contributed by atoms with E-state index in [9.17, 15) is 4.79 Å². The predicted octanol–water partition coefficient (Wildman–Crippen LogP) is 3.46. The zero-order chi connectivity index (χ0) is 20.6. The van der Waals surface area contributed by atoms with Crippen LogP contribution in [0.25, 0.3) is 0 Å². The molecule has 0 unspecified atom stereocenters. The fourth-order valence-electron chi connectivity index (χ4n) is 3.20. The minimum Gasteiger partial charge on any atom is -0.489 e. The van der Waals surface area contributed by atoms with Gasteiger partial charge >= 0.3 is 7.12 Å². The van der Waals surface area contributed by atoms with Crippen LogP contribution in [0, 0.1) is 0 Å². The average Bonchev–Trinajstić information content (AvgIpc) is 3.46. The average molecular weight is 393 g/mol. The molecular formula is C23H28BNO4. The van der Waals surface area contributed by atoms with Gasteiger partial charge in [-0.3, -0.25) is 4.79 Å². The fourth-order valence-corrected chi connectivity index (χ4v) is 3.20. The number of hydrogen-bond acceptors (Lipinski definition) is 4. The highest BCUT2D eigenvalue weighted by atomic mass is 16.7. The van der Waals surface area contributed by atoms with Gasteiger partial charge in [0.2, 0.25) is 0 Å². The summed E-state index contributed by atoms with van der Waals surface area (Å²) in [6.45, 7) is 8.49. The SMILES string of the molecule is CC1(C)OB(c2ccc(C(=O)NC3CC3)cc2OCc2ccccc2)OC1(C)C. The zero-order valence-corrected chi connectivity index (χ0v) is 17.5. The van der Waals surface area contributed by atoms with Crippen LogP contribution in [0.15, 0.2) is 48.5 Å². The lowest BCUT2D eigenvalue weighted by molar-refractivity contribution is 0.00578. The summed E-state index contributed by atoms with van der Waals surface area (Å²) < 4.78 is 18.6. The van der Waals surface area contributed by atoms with E-state index < -0.39 is 18.3 Å². The molecule has 0 radical (unpaired) electrons. The summed E-state index contributed by atoms with van der Waals surface area (Å²) in [6.07, 6.45) is 2.10. The number of amides is 1. The number of ether oxygens (including phenoxy) is 1. The first-order chi connectivity index (χ1) is 13.7. The monoisotopic (exact) mass is 393 g/mol. The number of hydrogen-bond donors (Lipinski definition) is 1. The van der Waals surface area contributed by atoms with Gasteiger partial charge in [0.15, 0.2) is 0 Å². The van der Waals surface area contributed by atoms with Crippen LogP contribution in [0.4, 0.5) is 0 Å². The Balaban J connectivity index is 1.61. The number of nitrogens with one attached hydrogen (secondary N) is 1. The predicted molar refractivity (Wildman–Crippen MR) is 113 cm³/mol.